The van der Waals surface area contributed by atoms with Crippen LogP contribution in [0.5, 0.6) is 0 Å². The van der Waals surface area contributed by atoms with Crippen LogP contribution >= 0.6 is 11.6 Å². The highest BCUT2D eigenvalue weighted by Gasteiger charge is 2.24. The Balaban J connectivity index is 1.91. The summed E-state index contributed by atoms with van der Waals surface area (Å²) in [5.41, 5.74) is 2.23. The zero-order chi connectivity index (χ0) is 20.0. The summed E-state index contributed by atoms with van der Waals surface area (Å²) in [4.78, 5) is 38.9. The number of rotatable bonds is 7. The number of aromatic amines is 1. The Morgan fingerprint density at radius 3 is 2.37 bits per heavy atom. The number of esters is 2. The van der Waals surface area contributed by atoms with E-state index in [1.54, 1.807) is 45.0 Å². The van der Waals surface area contributed by atoms with E-state index in [-0.39, 0.29) is 12.3 Å². The van der Waals surface area contributed by atoms with Crippen molar-refractivity contribution in [3.63, 3.8) is 0 Å². The number of H-pyrrole nitrogens is 1. The summed E-state index contributed by atoms with van der Waals surface area (Å²) in [5.74, 6) is -1.67. The summed E-state index contributed by atoms with van der Waals surface area (Å²) in [6.07, 6.45) is 0. The summed E-state index contributed by atoms with van der Waals surface area (Å²) in [5, 5.41) is 3.26. The largest absolute Gasteiger partial charge is 0.462 e. The van der Waals surface area contributed by atoms with E-state index in [0.717, 1.165) is 5.56 Å². The van der Waals surface area contributed by atoms with Gasteiger partial charge in [0.2, 0.25) is 0 Å². The van der Waals surface area contributed by atoms with Crippen molar-refractivity contribution in [3.8, 4) is 0 Å². The number of amides is 1. The molecular weight excluding hydrogens is 372 g/mol. The Labute approximate surface area is 162 Å². The van der Waals surface area contributed by atoms with Crippen LogP contribution < -0.4 is 5.32 Å². The second-order valence-corrected chi connectivity index (χ2v) is 6.26. The van der Waals surface area contributed by atoms with Crippen LogP contribution in [0, 0.1) is 13.8 Å². The Bertz CT molecular complexity index is 843. The van der Waals surface area contributed by atoms with E-state index < -0.39 is 24.5 Å². The van der Waals surface area contributed by atoms with E-state index in [1.807, 2.05) is 0 Å². The fourth-order valence-electron chi connectivity index (χ4n) is 2.52. The molecule has 0 bridgehead atoms. The molecule has 0 radical (unpaired) electrons. The van der Waals surface area contributed by atoms with Gasteiger partial charge in [-0.25, -0.2) is 9.59 Å². The molecule has 0 aliphatic heterocycles. The van der Waals surface area contributed by atoms with E-state index in [0.29, 0.717) is 28.4 Å². The number of aromatic nitrogens is 1. The summed E-state index contributed by atoms with van der Waals surface area (Å²) in [6, 6.07) is 7.02. The number of nitrogens with one attached hydrogen (secondary N) is 2. The number of benzene rings is 1. The zero-order valence-electron chi connectivity index (χ0n) is 15.3. The van der Waals surface area contributed by atoms with Gasteiger partial charge in [0.1, 0.15) is 5.69 Å². The molecule has 144 valence electrons. The lowest BCUT2D eigenvalue weighted by atomic mass is 10.1. The predicted molar refractivity (Wildman–Crippen MR) is 99.8 cm³/mol. The second-order valence-electron chi connectivity index (χ2n) is 5.82. The third kappa shape index (κ3) is 5.34. The molecule has 7 nitrogen and oxygen atoms in total. The van der Waals surface area contributed by atoms with Crippen molar-refractivity contribution in [2.24, 2.45) is 0 Å². The minimum Gasteiger partial charge on any atom is -0.462 e. The highest BCUT2D eigenvalue weighted by molar-refractivity contribution is 6.30. The van der Waals surface area contributed by atoms with Gasteiger partial charge in [0.05, 0.1) is 12.2 Å². The molecule has 0 aliphatic rings. The minimum absolute atomic E-state index is 0.126. The van der Waals surface area contributed by atoms with E-state index in [1.165, 1.54) is 0 Å². The molecule has 1 amide bonds. The van der Waals surface area contributed by atoms with Gasteiger partial charge in [0.25, 0.3) is 5.91 Å². The SMILES string of the molecule is CCOC(=O)c1c(C)[nH]c(C(=O)OCC(=O)NCc2ccc(Cl)cc2)c1C. The Morgan fingerprint density at radius 2 is 1.74 bits per heavy atom. The molecule has 0 saturated heterocycles. The van der Waals surface area contributed by atoms with Gasteiger partial charge >= 0.3 is 11.9 Å². The monoisotopic (exact) mass is 392 g/mol. The first kappa shape index (κ1) is 20.5. The summed E-state index contributed by atoms with van der Waals surface area (Å²) in [7, 11) is 0. The average Bonchev–Trinajstić information content (AvgIpc) is 2.93. The molecule has 1 aromatic heterocycles. The Hall–Kier alpha value is -2.80. The molecule has 0 unspecified atom stereocenters. The topological polar surface area (TPSA) is 97.5 Å². The van der Waals surface area contributed by atoms with Crippen LogP contribution in [0.1, 0.15) is 44.6 Å². The molecule has 0 spiro atoms. The average molecular weight is 393 g/mol. The summed E-state index contributed by atoms with van der Waals surface area (Å²) in [6.45, 7) is 5.07. The lowest BCUT2D eigenvalue weighted by Gasteiger charge is -2.07. The lowest BCUT2D eigenvalue weighted by molar-refractivity contribution is -0.124. The molecular formula is C19H21ClN2O5. The first-order chi connectivity index (χ1) is 12.8. The van der Waals surface area contributed by atoms with Crippen LogP contribution in [0.3, 0.4) is 0 Å². The number of ether oxygens (including phenoxy) is 2. The van der Waals surface area contributed by atoms with Gasteiger partial charge in [0.15, 0.2) is 6.61 Å². The van der Waals surface area contributed by atoms with Crippen LogP contribution in [-0.4, -0.2) is 36.0 Å². The third-order valence-electron chi connectivity index (χ3n) is 3.86. The molecule has 0 fully saturated rings. The van der Waals surface area contributed by atoms with Crippen molar-refractivity contribution in [3.05, 3.63) is 57.4 Å². The number of hydrogen-bond acceptors (Lipinski definition) is 5. The number of aryl methyl sites for hydroxylation is 1. The van der Waals surface area contributed by atoms with Crippen LogP contribution in [0.25, 0.3) is 0 Å². The number of hydrogen-bond donors (Lipinski definition) is 2. The van der Waals surface area contributed by atoms with Crippen molar-refractivity contribution >= 4 is 29.4 Å². The number of carbonyl (C=O) groups is 3. The first-order valence-electron chi connectivity index (χ1n) is 8.38. The first-order valence-corrected chi connectivity index (χ1v) is 8.75. The molecule has 0 aliphatic carbocycles. The van der Waals surface area contributed by atoms with Gasteiger partial charge < -0.3 is 19.8 Å². The number of carbonyl (C=O) groups excluding carboxylic acids is 3. The molecule has 1 aromatic carbocycles. The van der Waals surface area contributed by atoms with E-state index in [4.69, 9.17) is 21.1 Å². The summed E-state index contributed by atoms with van der Waals surface area (Å²) >= 11 is 5.80. The highest BCUT2D eigenvalue weighted by Crippen LogP contribution is 2.19. The lowest BCUT2D eigenvalue weighted by Crippen LogP contribution is -2.28. The van der Waals surface area contributed by atoms with Crippen molar-refractivity contribution in [1.29, 1.82) is 0 Å². The predicted octanol–water partition coefficient (Wildman–Crippen LogP) is 2.93. The Morgan fingerprint density at radius 1 is 1.07 bits per heavy atom. The standard InChI is InChI=1S/C19H21ClN2O5/c1-4-26-18(24)16-11(2)17(22-12(16)3)19(25)27-10-15(23)21-9-13-5-7-14(20)8-6-13/h5-8,22H,4,9-10H2,1-3H3,(H,21,23). The van der Waals surface area contributed by atoms with E-state index >= 15 is 0 Å². The normalized spacial score (nSPS) is 10.4. The fourth-order valence-corrected chi connectivity index (χ4v) is 2.65. The maximum Gasteiger partial charge on any atom is 0.355 e. The quantitative estimate of drug-likeness (QED) is 0.706. The van der Waals surface area contributed by atoms with Gasteiger partial charge in [-0.3, -0.25) is 4.79 Å². The van der Waals surface area contributed by atoms with Crippen molar-refractivity contribution in [2.45, 2.75) is 27.3 Å². The zero-order valence-corrected chi connectivity index (χ0v) is 16.1. The molecule has 2 aromatic rings. The van der Waals surface area contributed by atoms with Crippen LogP contribution in [0.4, 0.5) is 0 Å². The smallest absolute Gasteiger partial charge is 0.355 e. The maximum atomic E-state index is 12.2. The van der Waals surface area contributed by atoms with Crippen molar-refractivity contribution in [2.75, 3.05) is 13.2 Å². The van der Waals surface area contributed by atoms with Crippen LogP contribution in [-0.2, 0) is 20.8 Å². The van der Waals surface area contributed by atoms with Gasteiger partial charge in [-0.05, 0) is 44.0 Å². The van der Waals surface area contributed by atoms with Gasteiger partial charge in [-0.15, -0.1) is 0 Å². The molecule has 2 N–H and O–H groups in total. The molecule has 2 rings (SSSR count). The molecule has 8 heteroatoms. The van der Waals surface area contributed by atoms with Gasteiger partial charge in [-0.1, -0.05) is 23.7 Å². The molecule has 0 saturated carbocycles. The van der Waals surface area contributed by atoms with Crippen molar-refractivity contribution in [1.82, 2.24) is 10.3 Å². The molecule has 0 atom stereocenters. The third-order valence-corrected chi connectivity index (χ3v) is 4.11. The van der Waals surface area contributed by atoms with E-state index in [9.17, 15) is 14.4 Å². The highest BCUT2D eigenvalue weighted by atomic mass is 35.5. The van der Waals surface area contributed by atoms with Crippen LogP contribution in [0.2, 0.25) is 5.02 Å². The van der Waals surface area contributed by atoms with E-state index in [2.05, 4.69) is 10.3 Å². The second kappa shape index (κ2) is 9.23. The fraction of sp³-hybridized carbons (Fsp3) is 0.316. The van der Waals surface area contributed by atoms with Crippen molar-refractivity contribution < 1.29 is 23.9 Å². The van der Waals surface area contributed by atoms with Gasteiger partial charge in [0, 0.05) is 17.3 Å². The summed E-state index contributed by atoms with van der Waals surface area (Å²) < 4.78 is 10.0. The maximum absolute atomic E-state index is 12.2. The molecule has 1 heterocycles. The van der Waals surface area contributed by atoms with Gasteiger partial charge in [-0.2, -0.15) is 0 Å². The number of halogens is 1. The Kier molecular flexibility index (Phi) is 7.01. The molecule has 27 heavy (non-hydrogen) atoms. The minimum atomic E-state index is -0.715. The van der Waals surface area contributed by atoms with Crippen LogP contribution in [0.15, 0.2) is 24.3 Å².